The Kier molecular flexibility index (Phi) is 14.0. The molecule has 0 aromatic heterocycles. The fraction of sp³-hybridized carbons (Fsp3) is 0.556. The normalized spacial score (nSPS) is 15.0. The Hall–Kier alpha value is 0.210. The number of hydrogen-bond donors (Lipinski definition) is 0. The molecule has 0 aromatic rings. The largest absolute Gasteiger partial charge is 0.273 e. The van der Waals surface area contributed by atoms with Crippen LogP contribution in [0.3, 0.4) is 0 Å². The van der Waals surface area contributed by atoms with E-state index in [1.807, 2.05) is 0 Å². The molecule has 0 fully saturated rings. The second-order valence-electron chi connectivity index (χ2n) is 2.57. The van der Waals surface area contributed by atoms with E-state index < -0.39 is 0 Å². The molecule has 1 unspecified atom stereocenters. The van der Waals surface area contributed by atoms with Gasteiger partial charge in [0.25, 0.3) is 0 Å². The van der Waals surface area contributed by atoms with Gasteiger partial charge in [-0.2, -0.15) is 11.6 Å². The average molecular weight is 340 g/mol. The monoisotopic (exact) mass is 341 g/mol. The van der Waals surface area contributed by atoms with Gasteiger partial charge in [-0.25, -0.2) is 6.08 Å². The second kappa shape index (κ2) is 9.30. The maximum Gasteiger partial charge on any atom is 0 e. The van der Waals surface area contributed by atoms with Gasteiger partial charge in [0.05, 0.1) is 0 Å². The van der Waals surface area contributed by atoms with Crippen molar-refractivity contribution in [1.29, 1.82) is 0 Å². The Morgan fingerprint density at radius 2 is 2.08 bits per heavy atom. The van der Waals surface area contributed by atoms with Crippen LogP contribution in [0.25, 0.3) is 0 Å². The number of rotatable bonds is 2. The summed E-state index contributed by atoms with van der Waals surface area (Å²) in [7, 11) is 0. The Morgan fingerprint density at radius 3 is 2.42 bits per heavy atom. The third-order valence-electron chi connectivity index (χ3n) is 1.91. The SMILES string of the molecule is CCC(C)C1=CC[C-]=C1.F.F.[Hf]. The van der Waals surface area contributed by atoms with Gasteiger partial charge in [0.15, 0.2) is 0 Å². The molecule has 1 aliphatic carbocycles. The first kappa shape index (κ1) is 18.1. The molecule has 0 aromatic carbocycles. The first-order valence-corrected chi connectivity index (χ1v) is 3.61. The average Bonchev–Trinajstić information content (AvgIpc) is 2.37. The summed E-state index contributed by atoms with van der Waals surface area (Å²) >= 11 is 0. The molecule has 1 rings (SSSR count). The minimum Gasteiger partial charge on any atom is -0.273 e. The van der Waals surface area contributed by atoms with Gasteiger partial charge in [0, 0.05) is 25.8 Å². The molecule has 0 saturated heterocycles. The van der Waals surface area contributed by atoms with E-state index in [2.05, 4.69) is 32.1 Å². The molecule has 0 aliphatic heterocycles. The minimum absolute atomic E-state index is 0. The molecule has 12 heavy (non-hydrogen) atoms. The van der Waals surface area contributed by atoms with Crippen molar-refractivity contribution in [3.8, 4) is 0 Å². The smallest absolute Gasteiger partial charge is 0 e. The van der Waals surface area contributed by atoms with Crippen LogP contribution in [-0.4, -0.2) is 0 Å². The summed E-state index contributed by atoms with van der Waals surface area (Å²) in [5.41, 5.74) is 1.47. The van der Waals surface area contributed by atoms with Crippen molar-refractivity contribution in [2.45, 2.75) is 26.7 Å². The molecule has 0 saturated carbocycles. The summed E-state index contributed by atoms with van der Waals surface area (Å²) < 4.78 is 0. The van der Waals surface area contributed by atoms with Crippen LogP contribution < -0.4 is 0 Å². The van der Waals surface area contributed by atoms with Crippen molar-refractivity contribution in [3.63, 3.8) is 0 Å². The third-order valence-corrected chi connectivity index (χ3v) is 1.91. The zero-order valence-electron chi connectivity index (χ0n) is 7.46. The van der Waals surface area contributed by atoms with Gasteiger partial charge in [0.1, 0.15) is 0 Å². The van der Waals surface area contributed by atoms with Crippen LogP contribution in [0.1, 0.15) is 26.7 Å². The van der Waals surface area contributed by atoms with Crippen LogP contribution in [0.4, 0.5) is 9.41 Å². The van der Waals surface area contributed by atoms with Crippen molar-refractivity contribution in [2.24, 2.45) is 5.92 Å². The summed E-state index contributed by atoms with van der Waals surface area (Å²) in [6.45, 7) is 4.48. The van der Waals surface area contributed by atoms with E-state index in [0.717, 1.165) is 12.3 Å². The summed E-state index contributed by atoms with van der Waals surface area (Å²) in [5.74, 6) is 0.736. The van der Waals surface area contributed by atoms with Crippen molar-refractivity contribution >= 4 is 0 Å². The molecule has 1 aliphatic rings. The van der Waals surface area contributed by atoms with Crippen molar-refractivity contribution in [3.05, 3.63) is 23.8 Å². The quantitative estimate of drug-likeness (QED) is 0.536. The van der Waals surface area contributed by atoms with Gasteiger partial charge in [-0.1, -0.05) is 26.2 Å². The molecule has 0 radical (unpaired) electrons. The van der Waals surface area contributed by atoms with Crippen LogP contribution in [0.5, 0.6) is 0 Å². The van der Waals surface area contributed by atoms with E-state index >= 15 is 0 Å². The van der Waals surface area contributed by atoms with Gasteiger partial charge >= 0.3 is 0 Å². The number of halogens is 2. The molecule has 0 bridgehead atoms. The zero-order chi connectivity index (χ0) is 6.69. The van der Waals surface area contributed by atoms with Gasteiger partial charge in [-0.3, -0.25) is 15.5 Å². The first-order valence-electron chi connectivity index (χ1n) is 3.61. The Labute approximate surface area is 91.6 Å². The maximum atomic E-state index is 3.17. The van der Waals surface area contributed by atoms with E-state index in [1.54, 1.807) is 0 Å². The Morgan fingerprint density at radius 1 is 1.50 bits per heavy atom. The van der Waals surface area contributed by atoms with Gasteiger partial charge < -0.3 is 0 Å². The third kappa shape index (κ3) is 4.96. The molecular formula is C9H15F2Hf-. The van der Waals surface area contributed by atoms with E-state index in [4.69, 9.17) is 0 Å². The summed E-state index contributed by atoms with van der Waals surface area (Å²) in [4.78, 5) is 0. The standard InChI is InChI=1S/C9H13.2FH.Hf/c1-3-8(2)9-6-4-5-7-9;;;/h6-8H,3-4H2,1-2H3;2*1H;/q-1;;;. The molecule has 0 heterocycles. The molecule has 0 spiro atoms. The number of allylic oxidation sites excluding steroid dienone is 4. The summed E-state index contributed by atoms with van der Waals surface area (Å²) in [5, 5.41) is 0. The molecule has 1 atom stereocenters. The molecule has 0 nitrogen and oxygen atoms in total. The van der Waals surface area contributed by atoms with Gasteiger partial charge in [-0.15, -0.1) is 6.42 Å². The number of hydrogen-bond acceptors (Lipinski definition) is 0. The molecule has 3 heteroatoms. The van der Waals surface area contributed by atoms with Crippen LogP contribution in [-0.2, 0) is 25.8 Å². The molecule has 0 amide bonds. The van der Waals surface area contributed by atoms with Crippen molar-refractivity contribution in [1.82, 2.24) is 0 Å². The fourth-order valence-corrected chi connectivity index (χ4v) is 0.992. The van der Waals surface area contributed by atoms with Gasteiger partial charge in [-0.05, 0) is 0 Å². The first-order chi connectivity index (χ1) is 4.34. The van der Waals surface area contributed by atoms with Crippen molar-refractivity contribution < 1.29 is 35.3 Å². The van der Waals surface area contributed by atoms with E-state index in [0.29, 0.717) is 0 Å². The Bertz CT molecular complexity index is 153. The van der Waals surface area contributed by atoms with Gasteiger partial charge in [0.2, 0.25) is 0 Å². The second-order valence-corrected chi connectivity index (χ2v) is 2.57. The molecule has 70 valence electrons. The Balaban J connectivity index is -0.000000270. The predicted molar refractivity (Wildman–Crippen MR) is 45.0 cm³/mol. The van der Waals surface area contributed by atoms with Crippen LogP contribution in [0.2, 0.25) is 0 Å². The van der Waals surface area contributed by atoms with E-state index in [-0.39, 0.29) is 35.3 Å². The summed E-state index contributed by atoms with van der Waals surface area (Å²) in [6, 6.07) is 0. The fourth-order valence-electron chi connectivity index (χ4n) is 0.992. The van der Waals surface area contributed by atoms with E-state index in [1.165, 1.54) is 12.0 Å². The molecule has 0 N–H and O–H groups in total. The van der Waals surface area contributed by atoms with Crippen LogP contribution in [0.15, 0.2) is 17.7 Å². The van der Waals surface area contributed by atoms with Crippen LogP contribution in [0, 0.1) is 12.0 Å². The predicted octanol–water partition coefficient (Wildman–Crippen LogP) is 3.02. The maximum absolute atomic E-state index is 3.17. The summed E-state index contributed by atoms with van der Waals surface area (Å²) in [6.07, 6.45) is 9.81. The van der Waals surface area contributed by atoms with Crippen molar-refractivity contribution in [2.75, 3.05) is 0 Å². The minimum atomic E-state index is 0. The zero-order valence-corrected chi connectivity index (χ0v) is 11.1. The molecular weight excluding hydrogens is 325 g/mol. The van der Waals surface area contributed by atoms with E-state index in [9.17, 15) is 0 Å². The topological polar surface area (TPSA) is 0 Å². The van der Waals surface area contributed by atoms with Crippen LogP contribution >= 0.6 is 0 Å².